The molecule has 0 aliphatic carbocycles. The molecule has 4 rings (SSSR count). The molecule has 1 aliphatic heterocycles. The lowest BCUT2D eigenvalue weighted by atomic mass is 9.99. The first-order valence-corrected chi connectivity index (χ1v) is 10.6. The number of amides is 2. The van der Waals surface area contributed by atoms with E-state index in [0.717, 1.165) is 42.0 Å². The molecule has 0 saturated carbocycles. The summed E-state index contributed by atoms with van der Waals surface area (Å²) in [4.78, 5) is 30.7. The average molecular weight is 409 g/mol. The van der Waals surface area contributed by atoms with Gasteiger partial charge in [0.2, 0.25) is 18.2 Å². The van der Waals surface area contributed by atoms with Crippen LogP contribution in [0.3, 0.4) is 0 Å². The third-order valence-electron chi connectivity index (χ3n) is 5.88. The van der Waals surface area contributed by atoms with Crippen molar-refractivity contribution in [1.29, 1.82) is 0 Å². The molecule has 1 saturated heterocycles. The van der Waals surface area contributed by atoms with Crippen molar-refractivity contribution in [2.75, 3.05) is 13.1 Å². The number of hydroxylamine groups is 2. The van der Waals surface area contributed by atoms with Crippen LogP contribution in [0.4, 0.5) is 0 Å². The molecule has 2 amide bonds. The van der Waals surface area contributed by atoms with Gasteiger partial charge in [-0.25, -0.2) is 10.0 Å². The van der Waals surface area contributed by atoms with Gasteiger partial charge in [0.25, 0.3) is 0 Å². The number of oxazole rings is 1. The van der Waals surface area contributed by atoms with E-state index in [0.29, 0.717) is 35.9 Å². The zero-order valence-electron chi connectivity index (χ0n) is 17.2. The van der Waals surface area contributed by atoms with Crippen molar-refractivity contribution in [2.24, 2.45) is 5.92 Å². The summed E-state index contributed by atoms with van der Waals surface area (Å²) >= 11 is 0. The Balaban J connectivity index is 1.60. The summed E-state index contributed by atoms with van der Waals surface area (Å²) in [5, 5.41) is 12.4. The second kappa shape index (κ2) is 8.83. The maximum atomic E-state index is 13.3. The topological polar surface area (TPSA) is 86.9 Å². The van der Waals surface area contributed by atoms with Gasteiger partial charge in [0, 0.05) is 6.54 Å². The SMILES string of the molecule is CCCCC(CN(O)C=O)C(=O)N1CCCC1c1nc2cc3ccccc3cc2o1. The summed E-state index contributed by atoms with van der Waals surface area (Å²) in [5.41, 5.74) is 1.50. The van der Waals surface area contributed by atoms with Crippen LogP contribution in [0.5, 0.6) is 0 Å². The van der Waals surface area contributed by atoms with Crippen molar-refractivity contribution < 1.29 is 19.2 Å². The molecule has 7 nitrogen and oxygen atoms in total. The van der Waals surface area contributed by atoms with Gasteiger partial charge in [0.1, 0.15) is 11.6 Å². The molecule has 2 heterocycles. The molecule has 2 unspecified atom stereocenters. The minimum absolute atomic E-state index is 0.00447. The molecule has 30 heavy (non-hydrogen) atoms. The van der Waals surface area contributed by atoms with Gasteiger partial charge in [-0.15, -0.1) is 0 Å². The van der Waals surface area contributed by atoms with Gasteiger partial charge in [0.05, 0.1) is 12.5 Å². The summed E-state index contributed by atoms with van der Waals surface area (Å²) in [6, 6.07) is 11.8. The first-order valence-electron chi connectivity index (χ1n) is 10.6. The van der Waals surface area contributed by atoms with Gasteiger partial charge in [-0.05, 0) is 42.2 Å². The maximum absolute atomic E-state index is 13.3. The molecule has 1 aliphatic rings. The largest absolute Gasteiger partial charge is 0.438 e. The van der Waals surface area contributed by atoms with Crippen molar-refractivity contribution >= 4 is 34.2 Å². The van der Waals surface area contributed by atoms with Crippen molar-refractivity contribution in [2.45, 2.75) is 45.1 Å². The Hall–Kier alpha value is -2.93. The average Bonchev–Trinajstić information content (AvgIpc) is 3.40. The minimum atomic E-state index is -0.437. The van der Waals surface area contributed by atoms with Crippen molar-refractivity contribution in [1.82, 2.24) is 14.9 Å². The van der Waals surface area contributed by atoms with Crippen LogP contribution >= 0.6 is 0 Å². The standard InChI is InChI=1S/C23H27N3O4/c1-2-3-7-18(14-25(29)15-27)23(28)26-11-6-10-20(26)22-24-19-12-16-8-4-5-9-17(16)13-21(19)30-22/h4-5,8-9,12-13,15,18,20,29H,2-3,6-7,10-11,14H2,1H3. The number of likely N-dealkylation sites (tertiary alicyclic amines) is 1. The van der Waals surface area contributed by atoms with Crippen LogP contribution in [-0.4, -0.2) is 45.6 Å². The second-order valence-electron chi connectivity index (χ2n) is 7.98. The maximum Gasteiger partial charge on any atom is 0.233 e. The van der Waals surface area contributed by atoms with Crippen molar-refractivity contribution in [3.8, 4) is 0 Å². The van der Waals surface area contributed by atoms with E-state index in [9.17, 15) is 14.8 Å². The van der Waals surface area contributed by atoms with Gasteiger partial charge >= 0.3 is 0 Å². The van der Waals surface area contributed by atoms with Crippen LogP contribution in [0.2, 0.25) is 0 Å². The monoisotopic (exact) mass is 409 g/mol. The highest BCUT2D eigenvalue weighted by molar-refractivity contribution is 5.94. The number of benzene rings is 2. The smallest absolute Gasteiger partial charge is 0.233 e. The molecule has 7 heteroatoms. The van der Waals surface area contributed by atoms with E-state index >= 15 is 0 Å². The van der Waals surface area contributed by atoms with E-state index < -0.39 is 5.92 Å². The Morgan fingerprint density at radius 2 is 2.13 bits per heavy atom. The van der Waals surface area contributed by atoms with E-state index in [4.69, 9.17) is 9.40 Å². The zero-order valence-corrected chi connectivity index (χ0v) is 17.2. The molecular weight excluding hydrogens is 382 g/mol. The van der Waals surface area contributed by atoms with Crippen LogP contribution in [0, 0.1) is 5.92 Å². The lowest BCUT2D eigenvalue weighted by Gasteiger charge is -2.28. The first kappa shape index (κ1) is 20.3. The lowest BCUT2D eigenvalue weighted by Crippen LogP contribution is -2.40. The lowest BCUT2D eigenvalue weighted by molar-refractivity contribution is -0.157. The summed E-state index contributed by atoms with van der Waals surface area (Å²) in [7, 11) is 0. The number of unbranched alkanes of at least 4 members (excludes halogenated alkanes) is 1. The van der Waals surface area contributed by atoms with Crippen LogP contribution in [0.1, 0.15) is 51.0 Å². The number of nitrogens with zero attached hydrogens (tertiary/aromatic N) is 3. The fourth-order valence-electron chi connectivity index (χ4n) is 4.31. The molecule has 3 aromatic rings. The number of hydrogen-bond donors (Lipinski definition) is 1. The highest BCUT2D eigenvalue weighted by atomic mass is 16.5. The Bertz CT molecular complexity index is 995. The van der Waals surface area contributed by atoms with Gasteiger partial charge in [-0.2, -0.15) is 0 Å². The molecule has 0 bridgehead atoms. The van der Waals surface area contributed by atoms with Gasteiger partial charge in [-0.1, -0.05) is 44.0 Å². The Kier molecular flexibility index (Phi) is 5.99. The summed E-state index contributed by atoms with van der Waals surface area (Å²) in [6.45, 7) is 2.68. The van der Waals surface area contributed by atoms with E-state index in [1.165, 1.54) is 0 Å². The fraction of sp³-hybridized carbons (Fsp3) is 0.435. The molecule has 158 valence electrons. The van der Waals surface area contributed by atoms with E-state index in [2.05, 4.69) is 6.92 Å². The Morgan fingerprint density at radius 1 is 1.37 bits per heavy atom. The molecular formula is C23H27N3O4. The highest BCUT2D eigenvalue weighted by Gasteiger charge is 2.37. The van der Waals surface area contributed by atoms with Gasteiger partial charge in [-0.3, -0.25) is 14.8 Å². The van der Waals surface area contributed by atoms with Crippen LogP contribution < -0.4 is 0 Å². The predicted molar refractivity (Wildman–Crippen MR) is 113 cm³/mol. The van der Waals surface area contributed by atoms with E-state index in [-0.39, 0.29) is 18.5 Å². The van der Waals surface area contributed by atoms with E-state index in [1.54, 1.807) is 0 Å². The zero-order chi connectivity index (χ0) is 21.1. The van der Waals surface area contributed by atoms with Crippen molar-refractivity contribution in [3.63, 3.8) is 0 Å². The van der Waals surface area contributed by atoms with Crippen molar-refractivity contribution in [3.05, 3.63) is 42.3 Å². The van der Waals surface area contributed by atoms with Gasteiger partial charge in [0.15, 0.2) is 5.58 Å². The molecule has 0 radical (unpaired) electrons. The molecule has 1 aromatic heterocycles. The Morgan fingerprint density at radius 3 is 2.87 bits per heavy atom. The number of fused-ring (bicyclic) bond motifs is 2. The minimum Gasteiger partial charge on any atom is -0.438 e. The summed E-state index contributed by atoms with van der Waals surface area (Å²) in [6.07, 6.45) is 4.43. The fourth-order valence-corrected chi connectivity index (χ4v) is 4.31. The number of carbonyl (C=O) groups excluding carboxylic acids is 2. The normalized spacial score (nSPS) is 17.5. The predicted octanol–water partition coefficient (Wildman–Crippen LogP) is 4.30. The van der Waals surface area contributed by atoms with Crippen LogP contribution in [0.25, 0.3) is 21.9 Å². The Labute approximate surface area is 175 Å². The molecule has 1 N–H and O–H groups in total. The quantitative estimate of drug-likeness (QED) is 0.341. The molecule has 1 fully saturated rings. The molecule has 2 atom stereocenters. The van der Waals surface area contributed by atoms with Crippen LogP contribution in [-0.2, 0) is 9.59 Å². The first-order chi connectivity index (χ1) is 14.6. The number of hydrogen-bond acceptors (Lipinski definition) is 5. The number of aromatic nitrogens is 1. The second-order valence-corrected chi connectivity index (χ2v) is 7.98. The molecule has 0 spiro atoms. The summed E-state index contributed by atoms with van der Waals surface area (Å²) in [5.74, 6) is 0.0589. The highest BCUT2D eigenvalue weighted by Crippen LogP contribution is 2.35. The third kappa shape index (κ3) is 4.03. The number of carbonyl (C=O) groups is 2. The van der Waals surface area contributed by atoms with Gasteiger partial charge < -0.3 is 9.32 Å². The van der Waals surface area contributed by atoms with E-state index in [1.807, 2.05) is 41.3 Å². The third-order valence-corrected chi connectivity index (χ3v) is 5.88. The number of rotatable bonds is 8. The molecule has 2 aromatic carbocycles. The van der Waals surface area contributed by atoms with Crippen LogP contribution in [0.15, 0.2) is 40.8 Å². The summed E-state index contributed by atoms with van der Waals surface area (Å²) < 4.78 is 6.08.